The maximum atomic E-state index is 11.5. The van der Waals surface area contributed by atoms with Crippen molar-refractivity contribution in [3.05, 3.63) is 47.4 Å². The minimum atomic E-state index is -2.06. The number of amides is 1. The number of primary amides is 1. The Morgan fingerprint density at radius 2 is 1.76 bits per heavy atom. The normalized spacial score (nSPS) is 20.4. The lowest BCUT2D eigenvalue weighted by Crippen LogP contribution is -2.50. The molecule has 0 bridgehead atoms. The fraction of sp³-hybridized carbons (Fsp3) is 0.519. The molecule has 0 saturated carbocycles. The Hall–Kier alpha value is -3.31. The molecule has 2 N–H and O–H groups in total. The van der Waals surface area contributed by atoms with Gasteiger partial charge in [0.25, 0.3) is 11.9 Å². The number of anilines is 1. The van der Waals surface area contributed by atoms with Gasteiger partial charge in [-0.1, -0.05) is 31.8 Å². The third kappa shape index (κ3) is 5.30. The summed E-state index contributed by atoms with van der Waals surface area (Å²) in [7, 11) is 5.46. The van der Waals surface area contributed by atoms with Crippen molar-refractivity contribution < 1.29 is 23.4 Å². The van der Waals surface area contributed by atoms with Crippen LogP contribution in [0.1, 0.15) is 35.4 Å². The minimum absolute atomic E-state index is 0.0466. The highest BCUT2D eigenvalue weighted by atomic mass is 28.3. The lowest BCUT2D eigenvalue weighted by molar-refractivity contribution is 0.0967. The molecule has 0 aromatic carbocycles. The van der Waals surface area contributed by atoms with Gasteiger partial charge in [-0.05, 0) is 39.1 Å². The summed E-state index contributed by atoms with van der Waals surface area (Å²) in [6.07, 6.45) is 8.67. The van der Waals surface area contributed by atoms with Crippen LogP contribution < -0.4 is 24.8 Å². The van der Waals surface area contributed by atoms with Crippen LogP contribution in [-0.2, 0) is 5.04 Å². The molecule has 2 aromatic heterocycles. The molecular formula is C27H39N5O5Si. The number of rotatable bonds is 9. The third-order valence-electron chi connectivity index (χ3n) is 7.65. The SMILES string of the molecule is COc1nc(N2CCC(N(C)C)CC2)nc(OC)c1C1([Si](C)(C)C)C=CC=C(Oc2ccc(C(N)=O)o2)C1. The smallest absolute Gasteiger partial charge is 0.290 e. The predicted molar refractivity (Wildman–Crippen MR) is 149 cm³/mol. The van der Waals surface area contributed by atoms with Crippen molar-refractivity contribution in [2.75, 3.05) is 46.3 Å². The number of furan rings is 1. The quantitative estimate of drug-likeness (QED) is 0.474. The Kier molecular flexibility index (Phi) is 7.89. The molecule has 4 rings (SSSR count). The molecule has 0 radical (unpaired) electrons. The van der Waals surface area contributed by atoms with E-state index in [2.05, 4.69) is 49.6 Å². The Morgan fingerprint density at radius 3 is 2.26 bits per heavy atom. The van der Waals surface area contributed by atoms with Crippen LogP contribution in [0.15, 0.2) is 40.5 Å². The van der Waals surface area contributed by atoms with Crippen LogP contribution in [-0.4, -0.2) is 76.3 Å². The van der Waals surface area contributed by atoms with Gasteiger partial charge in [-0.3, -0.25) is 4.79 Å². The molecule has 2 aromatic rings. The average molecular weight is 542 g/mol. The zero-order chi connectivity index (χ0) is 27.7. The van der Waals surface area contributed by atoms with Gasteiger partial charge in [-0.25, -0.2) is 0 Å². The second-order valence-corrected chi connectivity index (χ2v) is 16.5. The van der Waals surface area contributed by atoms with Gasteiger partial charge in [0.15, 0.2) is 5.76 Å². The summed E-state index contributed by atoms with van der Waals surface area (Å²) in [6.45, 7) is 8.60. The van der Waals surface area contributed by atoms with E-state index in [1.165, 1.54) is 6.07 Å². The molecule has 1 aliphatic carbocycles. The van der Waals surface area contributed by atoms with Crippen molar-refractivity contribution >= 4 is 19.9 Å². The lowest BCUT2D eigenvalue weighted by Gasteiger charge is -2.44. The van der Waals surface area contributed by atoms with Gasteiger partial charge in [0.05, 0.1) is 27.9 Å². The molecule has 38 heavy (non-hydrogen) atoms. The van der Waals surface area contributed by atoms with E-state index < -0.39 is 19.0 Å². The van der Waals surface area contributed by atoms with Crippen molar-refractivity contribution in [1.29, 1.82) is 0 Å². The van der Waals surface area contributed by atoms with Gasteiger partial charge in [-0.2, -0.15) is 9.97 Å². The molecule has 0 spiro atoms. The number of allylic oxidation sites excluding steroid dienone is 4. The molecule has 1 unspecified atom stereocenters. The second-order valence-electron chi connectivity index (χ2n) is 11.1. The van der Waals surface area contributed by atoms with Crippen molar-refractivity contribution in [1.82, 2.24) is 14.9 Å². The molecule has 206 valence electrons. The molecule has 1 atom stereocenters. The standard InChI is InChI=1S/C27H39N5O5Si/c1-31(2)18-12-15-32(16-13-18)26-29-24(34-3)22(25(30-26)35-4)27(38(5,6)7)14-8-9-19(17-27)36-21-11-10-20(37-21)23(28)33/h8-11,14,18H,12-13,15-17H2,1-7H3,(H2,28,33). The molecule has 3 heterocycles. The Labute approximate surface area is 225 Å². The molecule has 1 saturated heterocycles. The van der Waals surface area contributed by atoms with Gasteiger partial charge >= 0.3 is 0 Å². The number of hydrogen-bond acceptors (Lipinski definition) is 9. The summed E-state index contributed by atoms with van der Waals surface area (Å²) in [5.74, 6) is 1.91. The van der Waals surface area contributed by atoms with Crippen molar-refractivity contribution in [3.63, 3.8) is 0 Å². The molecule has 1 aliphatic heterocycles. The Bertz CT molecular complexity index is 1200. The van der Waals surface area contributed by atoms with Crippen LogP contribution in [0.25, 0.3) is 0 Å². The van der Waals surface area contributed by atoms with E-state index in [1.54, 1.807) is 20.3 Å². The maximum Gasteiger partial charge on any atom is 0.290 e. The second kappa shape index (κ2) is 10.8. The maximum absolute atomic E-state index is 11.5. The van der Waals surface area contributed by atoms with Crippen LogP contribution in [0.4, 0.5) is 5.95 Å². The molecule has 10 nitrogen and oxygen atoms in total. The van der Waals surface area contributed by atoms with Gasteiger partial charge in [0, 0.05) is 36.7 Å². The van der Waals surface area contributed by atoms with Gasteiger partial charge < -0.3 is 34.2 Å². The summed E-state index contributed by atoms with van der Waals surface area (Å²) in [6, 6.07) is 3.65. The average Bonchev–Trinajstić information content (AvgIpc) is 3.36. The monoisotopic (exact) mass is 541 g/mol. The van der Waals surface area contributed by atoms with Gasteiger partial charge in [0.1, 0.15) is 5.76 Å². The van der Waals surface area contributed by atoms with Crippen molar-refractivity contribution in [3.8, 4) is 17.7 Å². The topological polar surface area (TPSA) is 116 Å². The number of carbonyl (C=O) groups excluding carboxylic acids is 1. The zero-order valence-corrected chi connectivity index (χ0v) is 24.4. The largest absolute Gasteiger partial charge is 0.481 e. The molecule has 1 fully saturated rings. The fourth-order valence-corrected chi connectivity index (χ4v) is 7.56. The fourth-order valence-electron chi connectivity index (χ4n) is 5.29. The summed E-state index contributed by atoms with van der Waals surface area (Å²) < 4.78 is 23.4. The first kappa shape index (κ1) is 27.7. The number of aromatic nitrogens is 2. The van der Waals surface area contributed by atoms with Crippen LogP contribution >= 0.6 is 0 Å². The number of ether oxygens (including phenoxy) is 3. The number of hydrogen-bond donors (Lipinski definition) is 1. The summed E-state index contributed by atoms with van der Waals surface area (Å²) >= 11 is 0. The van der Waals surface area contributed by atoms with E-state index >= 15 is 0 Å². The van der Waals surface area contributed by atoms with Crippen LogP contribution in [0.3, 0.4) is 0 Å². The highest BCUT2D eigenvalue weighted by Gasteiger charge is 2.49. The van der Waals surface area contributed by atoms with E-state index in [0.29, 0.717) is 35.9 Å². The molecule has 1 amide bonds. The number of nitrogens with two attached hydrogens (primary N) is 1. The van der Waals surface area contributed by atoms with Crippen LogP contribution in [0, 0.1) is 0 Å². The summed E-state index contributed by atoms with van der Waals surface area (Å²) in [5, 5.41) is -0.497. The van der Waals surface area contributed by atoms with Crippen molar-refractivity contribution in [2.45, 2.75) is 50.0 Å². The summed E-state index contributed by atoms with van der Waals surface area (Å²) in [4.78, 5) is 25.8. The zero-order valence-electron chi connectivity index (χ0n) is 23.4. The van der Waals surface area contributed by atoms with Crippen LogP contribution in [0.2, 0.25) is 19.6 Å². The highest BCUT2D eigenvalue weighted by Crippen LogP contribution is 2.50. The number of nitrogens with zero attached hydrogens (tertiary/aromatic N) is 4. The number of methoxy groups -OCH3 is 2. The van der Waals surface area contributed by atoms with E-state index in [1.807, 2.05) is 12.2 Å². The summed E-state index contributed by atoms with van der Waals surface area (Å²) in [5.41, 5.74) is 6.15. The van der Waals surface area contributed by atoms with Gasteiger partial charge in [0.2, 0.25) is 17.7 Å². The number of carbonyl (C=O) groups is 1. The Balaban J connectivity index is 1.71. The number of piperidine rings is 1. The van der Waals surface area contributed by atoms with E-state index in [4.69, 9.17) is 34.3 Å². The van der Waals surface area contributed by atoms with E-state index in [9.17, 15) is 4.79 Å². The van der Waals surface area contributed by atoms with Gasteiger partial charge in [-0.15, -0.1) is 0 Å². The molecule has 2 aliphatic rings. The minimum Gasteiger partial charge on any atom is -0.481 e. The third-order valence-corrected chi connectivity index (χ3v) is 10.9. The Morgan fingerprint density at radius 1 is 1.13 bits per heavy atom. The first-order chi connectivity index (χ1) is 18.0. The molecular weight excluding hydrogens is 502 g/mol. The van der Waals surface area contributed by atoms with Crippen LogP contribution in [0.5, 0.6) is 17.7 Å². The first-order valence-corrected chi connectivity index (χ1v) is 16.4. The lowest BCUT2D eigenvalue weighted by atomic mass is 9.90. The highest BCUT2D eigenvalue weighted by molar-refractivity contribution is 6.79. The molecule has 11 heteroatoms. The predicted octanol–water partition coefficient (Wildman–Crippen LogP) is 3.75. The first-order valence-electron chi connectivity index (χ1n) is 12.9. The van der Waals surface area contributed by atoms with E-state index in [-0.39, 0.29) is 11.7 Å². The van der Waals surface area contributed by atoms with Crippen molar-refractivity contribution in [2.24, 2.45) is 5.73 Å². The van der Waals surface area contributed by atoms with E-state index in [0.717, 1.165) is 31.5 Å².